The van der Waals surface area contributed by atoms with Crippen LogP contribution in [0.4, 0.5) is 0 Å². The number of methoxy groups -OCH3 is 1. The van der Waals surface area contributed by atoms with Crippen LogP contribution in [0.25, 0.3) is 0 Å². The first-order valence-corrected chi connectivity index (χ1v) is 7.76. The lowest BCUT2D eigenvalue weighted by Crippen LogP contribution is -2.38. The zero-order chi connectivity index (χ0) is 16.6. The maximum atomic E-state index is 12.6. The minimum Gasteiger partial charge on any atom is -0.383 e. The lowest BCUT2D eigenvalue weighted by molar-refractivity contribution is -0.131. The number of fused-ring (bicyclic) bond motifs is 1. The molecule has 2 fully saturated rings. The van der Waals surface area contributed by atoms with Crippen LogP contribution in [-0.4, -0.2) is 66.1 Å². The third-order valence-electron chi connectivity index (χ3n) is 4.78. The number of amides is 2. The van der Waals surface area contributed by atoms with E-state index >= 15 is 0 Å². The summed E-state index contributed by atoms with van der Waals surface area (Å²) in [6.45, 7) is 2.78. The molecule has 2 atom stereocenters. The average Bonchev–Trinajstić information content (AvgIpc) is 3.07. The standard InChI is InChI=1S/C16H21N3O4/c1-17-13(4-3-5-14(17)20)16(22)19-9-11-8-18(6-7-23-2)15(21)12(11)10-19/h3-5,11-12H,6-10H2,1-2H3/t11-,12+/m1/s1. The van der Waals surface area contributed by atoms with Gasteiger partial charge in [-0.1, -0.05) is 6.07 Å². The molecule has 3 rings (SSSR count). The molecule has 7 nitrogen and oxygen atoms in total. The van der Waals surface area contributed by atoms with Crippen molar-refractivity contribution in [1.82, 2.24) is 14.4 Å². The van der Waals surface area contributed by atoms with Crippen molar-refractivity contribution in [2.75, 3.05) is 39.9 Å². The van der Waals surface area contributed by atoms with Gasteiger partial charge in [-0.05, 0) is 6.07 Å². The number of hydrogen-bond donors (Lipinski definition) is 0. The number of ether oxygens (including phenoxy) is 1. The van der Waals surface area contributed by atoms with Crippen LogP contribution in [-0.2, 0) is 16.6 Å². The van der Waals surface area contributed by atoms with E-state index in [-0.39, 0.29) is 29.2 Å². The summed E-state index contributed by atoms with van der Waals surface area (Å²) in [5.41, 5.74) is 0.151. The molecule has 0 unspecified atom stereocenters. The van der Waals surface area contributed by atoms with Crippen molar-refractivity contribution in [3.8, 4) is 0 Å². The van der Waals surface area contributed by atoms with E-state index in [0.29, 0.717) is 38.5 Å². The molecule has 0 spiro atoms. The largest absolute Gasteiger partial charge is 0.383 e. The first-order chi connectivity index (χ1) is 11.0. The number of aromatic nitrogens is 1. The van der Waals surface area contributed by atoms with Gasteiger partial charge in [0.1, 0.15) is 5.69 Å². The summed E-state index contributed by atoms with van der Waals surface area (Å²) in [6, 6.07) is 4.65. The zero-order valence-electron chi connectivity index (χ0n) is 13.4. The van der Waals surface area contributed by atoms with Gasteiger partial charge in [-0.2, -0.15) is 0 Å². The second-order valence-corrected chi connectivity index (χ2v) is 6.16. The van der Waals surface area contributed by atoms with Gasteiger partial charge in [0.25, 0.3) is 11.5 Å². The van der Waals surface area contributed by atoms with Crippen molar-refractivity contribution in [3.05, 3.63) is 34.2 Å². The fraction of sp³-hybridized carbons (Fsp3) is 0.562. The van der Waals surface area contributed by atoms with Crippen LogP contribution in [0.1, 0.15) is 10.5 Å². The second kappa shape index (κ2) is 6.16. The highest BCUT2D eigenvalue weighted by Gasteiger charge is 2.47. The Kier molecular flexibility index (Phi) is 4.21. The van der Waals surface area contributed by atoms with E-state index in [1.54, 1.807) is 31.2 Å². The highest BCUT2D eigenvalue weighted by molar-refractivity contribution is 5.94. The van der Waals surface area contributed by atoms with Crippen LogP contribution in [0.2, 0.25) is 0 Å². The number of likely N-dealkylation sites (tertiary alicyclic amines) is 2. The fourth-order valence-corrected chi connectivity index (χ4v) is 3.45. The Bertz CT molecular complexity index is 684. The number of carbonyl (C=O) groups is 2. The topological polar surface area (TPSA) is 71.8 Å². The molecular weight excluding hydrogens is 298 g/mol. The van der Waals surface area contributed by atoms with Crippen LogP contribution in [0.5, 0.6) is 0 Å². The molecule has 0 saturated carbocycles. The van der Waals surface area contributed by atoms with E-state index in [1.165, 1.54) is 10.6 Å². The Morgan fingerprint density at radius 1 is 1.26 bits per heavy atom. The van der Waals surface area contributed by atoms with Crippen molar-refractivity contribution >= 4 is 11.8 Å². The van der Waals surface area contributed by atoms with E-state index in [4.69, 9.17) is 4.74 Å². The van der Waals surface area contributed by atoms with Gasteiger partial charge in [-0.25, -0.2) is 0 Å². The van der Waals surface area contributed by atoms with E-state index in [0.717, 1.165) is 0 Å². The number of rotatable bonds is 4. The molecule has 0 radical (unpaired) electrons. The van der Waals surface area contributed by atoms with Crippen LogP contribution in [0.3, 0.4) is 0 Å². The normalized spacial score (nSPS) is 23.5. The zero-order valence-corrected chi connectivity index (χ0v) is 13.4. The van der Waals surface area contributed by atoms with E-state index in [1.807, 2.05) is 4.90 Å². The Morgan fingerprint density at radius 2 is 2.04 bits per heavy atom. The highest BCUT2D eigenvalue weighted by atomic mass is 16.5. The average molecular weight is 319 g/mol. The van der Waals surface area contributed by atoms with E-state index in [9.17, 15) is 14.4 Å². The Hall–Kier alpha value is -2.15. The Balaban J connectivity index is 1.70. The highest BCUT2D eigenvalue weighted by Crippen LogP contribution is 2.32. The molecule has 1 aromatic heterocycles. The maximum Gasteiger partial charge on any atom is 0.270 e. The van der Waals surface area contributed by atoms with Gasteiger partial charge in [0.2, 0.25) is 5.91 Å². The molecule has 0 aromatic carbocycles. The Labute approximate surface area is 134 Å². The molecule has 0 bridgehead atoms. The molecule has 2 aliphatic heterocycles. The predicted molar refractivity (Wildman–Crippen MR) is 83.0 cm³/mol. The van der Waals surface area contributed by atoms with Gasteiger partial charge in [-0.15, -0.1) is 0 Å². The molecule has 0 N–H and O–H groups in total. The summed E-state index contributed by atoms with van der Waals surface area (Å²) in [5.74, 6) is -0.0410. The van der Waals surface area contributed by atoms with E-state index < -0.39 is 0 Å². The molecule has 2 saturated heterocycles. The van der Waals surface area contributed by atoms with E-state index in [2.05, 4.69) is 0 Å². The van der Waals surface area contributed by atoms with Crippen LogP contribution < -0.4 is 5.56 Å². The molecule has 2 amide bonds. The summed E-state index contributed by atoms with van der Waals surface area (Å²) >= 11 is 0. The summed E-state index contributed by atoms with van der Waals surface area (Å²) in [6.07, 6.45) is 0. The van der Waals surface area contributed by atoms with Gasteiger partial charge in [0.15, 0.2) is 0 Å². The monoisotopic (exact) mass is 319 g/mol. The van der Waals surface area contributed by atoms with Crippen molar-refractivity contribution < 1.29 is 14.3 Å². The summed E-state index contributed by atoms with van der Waals surface area (Å²) in [5, 5.41) is 0. The van der Waals surface area contributed by atoms with Crippen LogP contribution in [0.15, 0.2) is 23.0 Å². The first-order valence-electron chi connectivity index (χ1n) is 7.76. The van der Waals surface area contributed by atoms with Gasteiger partial charge in [-0.3, -0.25) is 14.4 Å². The quantitative estimate of drug-likeness (QED) is 0.754. The molecule has 7 heteroatoms. The lowest BCUT2D eigenvalue weighted by Gasteiger charge is -2.22. The number of hydrogen-bond acceptors (Lipinski definition) is 4. The number of carbonyl (C=O) groups excluding carboxylic acids is 2. The number of pyridine rings is 1. The van der Waals surface area contributed by atoms with Gasteiger partial charge < -0.3 is 19.1 Å². The molecule has 23 heavy (non-hydrogen) atoms. The summed E-state index contributed by atoms with van der Waals surface area (Å²) in [4.78, 5) is 40.2. The number of nitrogens with zero attached hydrogens (tertiary/aromatic N) is 3. The summed E-state index contributed by atoms with van der Waals surface area (Å²) < 4.78 is 6.38. The van der Waals surface area contributed by atoms with Crippen molar-refractivity contribution in [2.24, 2.45) is 18.9 Å². The molecule has 3 heterocycles. The lowest BCUT2D eigenvalue weighted by atomic mass is 10.0. The second-order valence-electron chi connectivity index (χ2n) is 6.16. The molecule has 124 valence electrons. The molecular formula is C16H21N3O4. The van der Waals surface area contributed by atoms with Gasteiger partial charge in [0.05, 0.1) is 12.5 Å². The molecule has 1 aromatic rings. The predicted octanol–water partition coefficient (Wildman–Crippen LogP) is -0.438. The van der Waals surface area contributed by atoms with Gasteiger partial charge >= 0.3 is 0 Å². The van der Waals surface area contributed by atoms with Crippen LogP contribution in [0, 0.1) is 11.8 Å². The van der Waals surface area contributed by atoms with Crippen molar-refractivity contribution in [2.45, 2.75) is 0 Å². The minimum atomic E-state index is -0.211. The molecule has 2 aliphatic rings. The maximum absolute atomic E-state index is 12.6. The third kappa shape index (κ3) is 2.76. The summed E-state index contributed by atoms with van der Waals surface area (Å²) in [7, 11) is 3.20. The minimum absolute atomic E-state index is 0.101. The SMILES string of the molecule is COCCN1C[C@@H]2CN(C(=O)c3cccc(=O)n3C)C[C@@H]2C1=O. The smallest absolute Gasteiger partial charge is 0.270 e. The molecule has 0 aliphatic carbocycles. The van der Waals surface area contributed by atoms with Crippen LogP contribution >= 0.6 is 0 Å². The fourth-order valence-electron chi connectivity index (χ4n) is 3.45. The van der Waals surface area contributed by atoms with Crippen molar-refractivity contribution in [3.63, 3.8) is 0 Å². The Morgan fingerprint density at radius 3 is 2.74 bits per heavy atom. The first kappa shape index (κ1) is 15.7. The van der Waals surface area contributed by atoms with Gasteiger partial charge in [0, 0.05) is 52.3 Å². The third-order valence-corrected chi connectivity index (χ3v) is 4.78. The van der Waals surface area contributed by atoms with Crippen molar-refractivity contribution in [1.29, 1.82) is 0 Å².